The molecule has 0 bridgehead atoms. The van der Waals surface area contributed by atoms with Gasteiger partial charge in [-0.05, 0) is 37.5 Å². The number of hydrogen-bond acceptors (Lipinski definition) is 15. The van der Waals surface area contributed by atoms with Crippen LogP contribution in [-0.2, 0) is 65.4 Å². The molecule has 3 N–H and O–H groups in total. The summed E-state index contributed by atoms with van der Waals surface area (Å²) in [5.74, 6) is -0.449. The van der Waals surface area contributed by atoms with Gasteiger partial charge in [0.15, 0.2) is 12.2 Å². The number of hydrogen-bond donors (Lipinski definition) is 3. The molecular formula is C86H168O17P2. The summed E-state index contributed by atoms with van der Waals surface area (Å²) in [7, 11) is -9.92. The minimum Gasteiger partial charge on any atom is -0.462 e. The molecule has 0 aliphatic carbocycles. The van der Waals surface area contributed by atoms with E-state index in [4.69, 9.17) is 37.0 Å². The third-order valence-electron chi connectivity index (χ3n) is 20.6. The van der Waals surface area contributed by atoms with Gasteiger partial charge in [-0.15, -0.1) is 0 Å². The maximum Gasteiger partial charge on any atom is 0.472 e. The molecule has 0 aromatic heterocycles. The third kappa shape index (κ3) is 78.5. The number of aliphatic hydroxyl groups is 1. The molecule has 0 aromatic carbocycles. The van der Waals surface area contributed by atoms with E-state index in [0.717, 1.165) is 108 Å². The Labute approximate surface area is 645 Å². The molecule has 6 atom stereocenters. The van der Waals surface area contributed by atoms with E-state index in [1.54, 1.807) is 0 Å². The summed E-state index contributed by atoms with van der Waals surface area (Å²) in [6.45, 7) is 9.66. The first kappa shape index (κ1) is 103. The molecule has 0 radical (unpaired) electrons. The van der Waals surface area contributed by atoms with Gasteiger partial charge in [0.05, 0.1) is 26.4 Å². The van der Waals surface area contributed by atoms with Gasteiger partial charge in [0, 0.05) is 25.7 Å². The van der Waals surface area contributed by atoms with Crippen LogP contribution in [0.2, 0.25) is 0 Å². The summed E-state index contributed by atoms with van der Waals surface area (Å²) in [5, 5.41) is 10.6. The number of aliphatic hydroxyl groups excluding tert-OH is 1. The van der Waals surface area contributed by atoms with E-state index < -0.39 is 97.5 Å². The van der Waals surface area contributed by atoms with E-state index in [9.17, 15) is 43.2 Å². The van der Waals surface area contributed by atoms with E-state index in [-0.39, 0.29) is 25.7 Å². The molecule has 0 aromatic rings. The summed E-state index contributed by atoms with van der Waals surface area (Å²) in [6, 6.07) is 0. The molecule has 0 saturated heterocycles. The highest BCUT2D eigenvalue weighted by Crippen LogP contribution is 2.45. The number of ether oxygens (including phenoxy) is 4. The second kappa shape index (κ2) is 77.4. The predicted octanol–water partition coefficient (Wildman–Crippen LogP) is 26.2. The Kier molecular flexibility index (Phi) is 76.0. The van der Waals surface area contributed by atoms with Crippen LogP contribution in [0.25, 0.3) is 0 Å². The Morgan fingerprint density at radius 3 is 0.724 bits per heavy atom. The average molecular weight is 1540 g/mol. The van der Waals surface area contributed by atoms with E-state index in [1.807, 2.05) is 0 Å². The van der Waals surface area contributed by atoms with Crippen molar-refractivity contribution >= 4 is 39.5 Å². The molecule has 19 heteroatoms. The molecule has 0 rings (SSSR count). The number of carbonyl (C=O) groups is 4. The Bertz CT molecular complexity index is 2010. The molecule has 0 amide bonds. The Morgan fingerprint density at radius 1 is 0.276 bits per heavy atom. The van der Waals surface area contributed by atoms with Crippen molar-refractivity contribution in [2.45, 2.75) is 477 Å². The lowest BCUT2D eigenvalue weighted by Gasteiger charge is -2.21. The van der Waals surface area contributed by atoms with Crippen LogP contribution in [0.3, 0.4) is 0 Å². The van der Waals surface area contributed by atoms with Crippen molar-refractivity contribution in [3.8, 4) is 0 Å². The fourth-order valence-corrected chi connectivity index (χ4v) is 15.0. The van der Waals surface area contributed by atoms with Gasteiger partial charge < -0.3 is 33.8 Å². The van der Waals surface area contributed by atoms with Gasteiger partial charge >= 0.3 is 39.5 Å². The maximum absolute atomic E-state index is 13.1. The fourth-order valence-electron chi connectivity index (χ4n) is 13.4. The monoisotopic (exact) mass is 1540 g/mol. The van der Waals surface area contributed by atoms with Crippen LogP contribution in [0.15, 0.2) is 0 Å². The van der Waals surface area contributed by atoms with Gasteiger partial charge in [-0.2, -0.15) is 0 Å². The second-order valence-electron chi connectivity index (χ2n) is 31.6. The molecule has 17 nitrogen and oxygen atoms in total. The summed E-state index contributed by atoms with van der Waals surface area (Å²) in [4.78, 5) is 72.9. The SMILES string of the molecule is CCCCCCCCCCCCCCCCCCCCCCCC(=O)OC[C@H](COP(=O)(O)OC[C@@H](O)COP(=O)(O)OC[C@@H](COC(=O)CCCCCCC)OC(=O)CCCCCCCCCCCCCCCCC(C)C)OC(=O)CCCCCCCCCCCCCCCCCCCCC(C)CC. The molecule has 0 fully saturated rings. The number of phosphoric acid groups is 2. The zero-order valence-corrected chi connectivity index (χ0v) is 70.8. The zero-order valence-electron chi connectivity index (χ0n) is 69.0. The minimum atomic E-state index is -4.96. The standard InChI is InChI=1S/C86H168O17P2/c1-7-10-12-14-15-16-17-18-19-20-21-22-23-27-30-36-41-46-51-57-63-69-84(89)97-75-82(103-86(91)71-65-58-52-47-42-37-31-28-25-24-26-29-35-40-45-50-56-61-67-79(6)9-3)77-101-105(94,95)99-73-80(87)72-98-104(92,93)100-76-81(74-96-83(88)68-62-54-13-11-8-2)102-85(90)70-64-59-53-48-43-38-33-32-34-39-44-49-55-60-66-78(4)5/h78-82,87H,7-77H2,1-6H3,(H,92,93)(H,94,95)/t79?,80-,81+,82+/m0/s1. The maximum atomic E-state index is 13.1. The van der Waals surface area contributed by atoms with Crippen LogP contribution >= 0.6 is 15.6 Å². The summed E-state index contributed by atoms with van der Waals surface area (Å²) in [6.07, 6.45) is 70.0. The first-order chi connectivity index (χ1) is 50.9. The topological polar surface area (TPSA) is 237 Å². The Morgan fingerprint density at radius 2 is 0.486 bits per heavy atom. The first-order valence-electron chi connectivity index (χ1n) is 44.5. The molecule has 624 valence electrons. The van der Waals surface area contributed by atoms with Gasteiger partial charge in [0.25, 0.3) is 0 Å². The summed E-state index contributed by atoms with van der Waals surface area (Å²) >= 11 is 0. The highest BCUT2D eigenvalue weighted by atomic mass is 31.2. The van der Waals surface area contributed by atoms with Crippen molar-refractivity contribution < 1.29 is 80.2 Å². The van der Waals surface area contributed by atoms with E-state index in [1.165, 1.54) is 270 Å². The normalized spacial score (nSPS) is 14.1. The zero-order chi connectivity index (χ0) is 77.1. The Hall–Kier alpha value is -1.94. The number of unbranched alkanes of at least 4 members (excludes halogenated alkanes) is 54. The first-order valence-corrected chi connectivity index (χ1v) is 47.5. The fraction of sp³-hybridized carbons (Fsp3) is 0.953. The van der Waals surface area contributed by atoms with E-state index >= 15 is 0 Å². The molecule has 0 heterocycles. The van der Waals surface area contributed by atoms with Crippen molar-refractivity contribution in [3.63, 3.8) is 0 Å². The number of phosphoric ester groups is 2. The molecule has 0 spiro atoms. The van der Waals surface area contributed by atoms with Crippen LogP contribution in [0.4, 0.5) is 0 Å². The summed E-state index contributed by atoms with van der Waals surface area (Å²) in [5.41, 5.74) is 0. The smallest absolute Gasteiger partial charge is 0.462 e. The quantitative estimate of drug-likeness (QED) is 0.0222. The number of carbonyl (C=O) groups excluding carboxylic acids is 4. The van der Waals surface area contributed by atoms with E-state index in [0.29, 0.717) is 25.7 Å². The lowest BCUT2D eigenvalue weighted by molar-refractivity contribution is -0.161. The average Bonchev–Trinajstić information content (AvgIpc) is 1.00. The summed E-state index contributed by atoms with van der Waals surface area (Å²) < 4.78 is 68.6. The lowest BCUT2D eigenvalue weighted by atomic mass is 9.99. The van der Waals surface area contributed by atoms with Crippen molar-refractivity contribution in [2.24, 2.45) is 11.8 Å². The molecule has 3 unspecified atom stereocenters. The van der Waals surface area contributed by atoms with Crippen LogP contribution in [0.1, 0.15) is 459 Å². The van der Waals surface area contributed by atoms with Gasteiger partial charge in [0.1, 0.15) is 19.3 Å². The molecule has 105 heavy (non-hydrogen) atoms. The van der Waals surface area contributed by atoms with Gasteiger partial charge in [-0.3, -0.25) is 37.3 Å². The van der Waals surface area contributed by atoms with E-state index in [2.05, 4.69) is 41.5 Å². The second-order valence-corrected chi connectivity index (χ2v) is 34.6. The molecule has 0 aliphatic heterocycles. The van der Waals surface area contributed by atoms with Crippen molar-refractivity contribution in [1.82, 2.24) is 0 Å². The largest absolute Gasteiger partial charge is 0.472 e. The van der Waals surface area contributed by atoms with Crippen molar-refractivity contribution in [3.05, 3.63) is 0 Å². The van der Waals surface area contributed by atoms with Crippen molar-refractivity contribution in [2.75, 3.05) is 39.6 Å². The lowest BCUT2D eigenvalue weighted by Crippen LogP contribution is -2.30. The van der Waals surface area contributed by atoms with Gasteiger partial charge in [-0.1, -0.05) is 408 Å². The van der Waals surface area contributed by atoms with Crippen LogP contribution in [0, 0.1) is 11.8 Å². The third-order valence-corrected chi connectivity index (χ3v) is 22.5. The molecular weight excluding hydrogens is 1370 g/mol. The van der Waals surface area contributed by atoms with Gasteiger partial charge in [0.2, 0.25) is 0 Å². The Balaban J connectivity index is 5.10. The highest BCUT2D eigenvalue weighted by molar-refractivity contribution is 7.47. The van der Waals surface area contributed by atoms with Crippen molar-refractivity contribution in [1.29, 1.82) is 0 Å². The number of esters is 4. The van der Waals surface area contributed by atoms with Gasteiger partial charge in [-0.25, -0.2) is 9.13 Å². The van der Waals surface area contributed by atoms with Crippen LogP contribution in [-0.4, -0.2) is 96.7 Å². The molecule has 0 saturated carbocycles. The predicted molar refractivity (Wildman–Crippen MR) is 432 cm³/mol. The number of rotatable bonds is 85. The highest BCUT2D eigenvalue weighted by Gasteiger charge is 2.30. The van der Waals surface area contributed by atoms with Crippen LogP contribution in [0.5, 0.6) is 0 Å². The minimum absolute atomic E-state index is 0.107. The molecule has 0 aliphatic rings. The van der Waals surface area contributed by atoms with Crippen LogP contribution < -0.4 is 0 Å².